The number of nitrogens with zero attached hydrogens (tertiary/aromatic N) is 3. The van der Waals surface area contributed by atoms with E-state index in [0.717, 1.165) is 5.56 Å². The molecule has 0 radical (unpaired) electrons. The first-order valence-corrected chi connectivity index (χ1v) is 12.1. The van der Waals surface area contributed by atoms with Crippen molar-refractivity contribution in [2.45, 2.75) is 45.3 Å². The number of aromatic amines is 1. The average Bonchev–Trinajstić information content (AvgIpc) is 3.04. The minimum absolute atomic E-state index is 0.0494. The summed E-state index contributed by atoms with van der Waals surface area (Å²) in [5, 5.41) is 3.07. The third-order valence-electron chi connectivity index (χ3n) is 4.94. The van der Waals surface area contributed by atoms with E-state index in [1.165, 1.54) is 4.57 Å². The van der Waals surface area contributed by atoms with Crippen molar-refractivity contribution in [2.75, 3.05) is 11.1 Å². The normalized spacial score (nSPS) is 14.3. The zero-order valence-corrected chi connectivity index (χ0v) is 19.1. The smallest absolute Gasteiger partial charge is 0.309 e. The summed E-state index contributed by atoms with van der Waals surface area (Å²) in [5.41, 5.74) is 0.756. The topological polar surface area (TPSA) is 134 Å². The van der Waals surface area contributed by atoms with Gasteiger partial charge in [0, 0.05) is 16.7 Å². The van der Waals surface area contributed by atoms with E-state index < -0.39 is 15.4 Å². The van der Waals surface area contributed by atoms with Gasteiger partial charge in [0.2, 0.25) is 11.1 Å². The van der Waals surface area contributed by atoms with E-state index in [4.69, 9.17) is 16.4 Å². The van der Waals surface area contributed by atoms with Crippen molar-refractivity contribution in [1.29, 1.82) is 4.78 Å². The zero-order chi connectivity index (χ0) is 22.8. The standard InChI is InChI=1S/C20H25ClN6O3S/c1-4-10-31(22,30)19-25-16(24-18(28)12(3)5-2)15-17(26-19)27(20(29)23-15)11-13-6-8-14(21)9-7-13/h6-9,12,22H,4-5,10-11H2,1-3H3,(H,23,29)(H,24,25,26,28). The molecule has 3 rings (SSSR count). The minimum Gasteiger partial charge on any atom is -0.309 e. The van der Waals surface area contributed by atoms with Crippen LogP contribution in [0.1, 0.15) is 39.2 Å². The van der Waals surface area contributed by atoms with Crippen molar-refractivity contribution in [3.8, 4) is 0 Å². The number of imidazole rings is 1. The first kappa shape index (κ1) is 23.0. The maximum atomic E-state index is 12.9. The van der Waals surface area contributed by atoms with Crippen LogP contribution in [-0.2, 0) is 21.1 Å². The molecule has 166 valence electrons. The van der Waals surface area contributed by atoms with Crippen LogP contribution in [0.4, 0.5) is 5.82 Å². The Labute approximate surface area is 185 Å². The molecule has 0 spiro atoms. The molecular weight excluding hydrogens is 440 g/mol. The molecule has 2 atom stereocenters. The summed E-state index contributed by atoms with van der Waals surface area (Å²) in [4.78, 5) is 36.4. The number of nitrogens with one attached hydrogen (secondary N) is 3. The highest BCUT2D eigenvalue weighted by Gasteiger charge is 2.23. The van der Waals surface area contributed by atoms with Crippen LogP contribution in [0.15, 0.2) is 34.2 Å². The van der Waals surface area contributed by atoms with Gasteiger partial charge < -0.3 is 10.3 Å². The van der Waals surface area contributed by atoms with Gasteiger partial charge in [-0.15, -0.1) is 0 Å². The van der Waals surface area contributed by atoms with Gasteiger partial charge >= 0.3 is 5.69 Å². The third kappa shape index (κ3) is 4.96. The third-order valence-corrected chi connectivity index (χ3v) is 6.95. The van der Waals surface area contributed by atoms with Crippen LogP contribution < -0.4 is 11.0 Å². The number of rotatable bonds is 8. The molecule has 2 unspecified atom stereocenters. The molecule has 0 bridgehead atoms. The van der Waals surface area contributed by atoms with Crippen LogP contribution in [0.5, 0.6) is 0 Å². The molecule has 3 N–H and O–H groups in total. The maximum Gasteiger partial charge on any atom is 0.328 e. The number of carbonyl (C=O) groups is 1. The lowest BCUT2D eigenvalue weighted by molar-refractivity contribution is -0.119. The van der Waals surface area contributed by atoms with E-state index in [-0.39, 0.29) is 46.3 Å². The number of hydrogen-bond donors (Lipinski definition) is 3. The van der Waals surface area contributed by atoms with Gasteiger partial charge in [-0.05, 0) is 30.5 Å². The van der Waals surface area contributed by atoms with E-state index in [0.29, 0.717) is 17.9 Å². The Morgan fingerprint density at radius 3 is 2.58 bits per heavy atom. The van der Waals surface area contributed by atoms with Gasteiger partial charge in [-0.1, -0.05) is 44.5 Å². The van der Waals surface area contributed by atoms with Crippen LogP contribution in [-0.4, -0.2) is 35.4 Å². The van der Waals surface area contributed by atoms with Gasteiger partial charge in [-0.2, -0.15) is 9.97 Å². The summed E-state index contributed by atoms with van der Waals surface area (Å²) in [7, 11) is -3.29. The summed E-state index contributed by atoms with van der Waals surface area (Å²) in [6, 6.07) is 7.00. The molecule has 9 nitrogen and oxygen atoms in total. The summed E-state index contributed by atoms with van der Waals surface area (Å²) in [6.45, 7) is 5.64. The summed E-state index contributed by atoms with van der Waals surface area (Å²) < 4.78 is 22.5. The lowest BCUT2D eigenvalue weighted by Crippen LogP contribution is -2.22. The van der Waals surface area contributed by atoms with Crippen molar-refractivity contribution in [2.24, 2.45) is 5.92 Å². The second kappa shape index (κ2) is 9.19. The molecule has 3 aromatic rings. The van der Waals surface area contributed by atoms with Crippen molar-refractivity contribution in [3.63, 3.8) is 0 Å². The van der Waals surface area contributed by atoms with Gasteiger partial charge in [0.1, 0.15) is 15.2 Å². The Kier molecular flexibility index (Phi) is 6.80. The van der Waals surface area contributed by atoms with Crippen LogP contribution >= 0.6 is 11.6 Å². The van der Waals surface area contributed by atoms with E-state index in [1.54, 1.807) is 31.2 Å². The number of carbonyl (C=O) groups excluding carboxylic acids is 1. The Morgan fingerprint density at radius 2 is 1.97 bits per heavy atom. The monoisotopic (exact) mass is 464 g/mol. The second-order valence-electron chi connectivity index (χ2n) is 7.37. The number of halogens is 1. The number of hydrogen-bond acceptors (Lipinski definition) is 6. The van der Waals surface area contributed by atoms with Crippen molar-refractivity contribution >= 4 is 44.2 Å². The number of anilines is 1. The fourth-order valence-electron chi connectivity index (χ4n) is 2.97. The van der Waals surface area contributed by atoms with Crippen LogP contribution in [0.2, 0.25) is 5.02 Å². The zero-order valence-electron chi connectivity index (χ0n) is 17.6. The molecule has 0 aliphatic carbocycles. The molecule has 1 amide bonds. The molecule has 11 heteroatoms. The molecule has 0 saturated heterocycles. The van der Waals surface area contributed by atoms with E-state index in [9.17, 15) is 13.8 Å². The minimum atomic E-state index is -3.29. The molecule has 0 fully saturated rings. The fourth-order valence-corrected chi connectivity index (χ4v) is 4.33. The fraction of sp³-hybridized carbons (Fsp3) is 0.400. The lowest BCUT2D eigenvalue weighted by atomic mass is 10.1. The molecule has 2 aromatic heterocycles. The molecule has 0 aliphatic heterocycles. The van der Waals surface area contributed by atoms with E-state index >= 15 is 0 Å². The second-order valence-corrected chi connectivity index (χ2v) is 9.93. The molecule has 0 saturated carbocycles. The van der Waals surface area contributed by atoms with Crippen molar-refractivity contribution in [1.82, 2.24) is 19.5 Å². The van der Waals surface area contributed by atoms with Crippen molar-refractivity contribution in [3.05, 3.63) is 45.3 Å². The summed E-state index contributed by atoms with van der Waals surface area (Å²) in [5.74, 6) is -0.448. The van der Waals surface area contributed by atoms with Gasteiger partial charge in [-0.25, -0.2) is 13.8 Å². The number of amides is 1. The number of H-pyrrole nitrogens is 1. The number of fused-ring (bicyclic) bond motifs is 1. The number of aromatic nitrogens is 4. The predicted octanol–water partition coefficient (Wildman–Crippen LogP) is 3.62. The Morgan fingerprint density at radius 1 is 1.29 bits per heavy atom. The molecule has 2 heterocycles. The Balaban J connectivity index is 2.18. The Hall–Kier alpha value is -2.72. The predicted molar refractivity (Wildman–Crippen MR) is 121 cm³/mol. The van der Waals surface area contributed by atoms with Gasteiger partial charge in [0.05, 0.1) is 6.54 Å². The summed E-state index contributed by atoms with van der Waals surface area (Å²) >= 11 is 5.94. The summed E-state index contributed by atoms with van der Waals surface area (Å²) in [6.07, 6.45) is 1.12. The highest BCUT2D eigenvalue weighted by molar-refractivity contribution is 7.92. The molecule has 1 aromatic carbocycles. The average molecular weight is 465 g/mol. The highest BCUT2D eigenvalue weighted by atomic mass is 35.5. The highest BCUT2D eigenvalue weighted by Crippen LogP contribution is 2.22. The maximum absolute atomic E-state index is 12.9. The molecule has 31 heavy (non-hydrogen) atoms. The van der Waals surface area contributed by atoms with E-state index in [2.05, 4.69) is 20.3 Å². The van der Waals surface area contributed by atoms with Crippen molar-refractivity contribution < 1.29 is 9.00 Å². The SMILES string of the molecule is CCCS(=N)(=O)c1nc(NC(=O)C(C)CC)c2[nH]c(=O)n(Cc3ccc(Cl)cc3)c2n1. The number of benzene rings is 1. The quantitative estimate of drug-likeness (QED) is 0.437. The first-order chi connectivity index (χ1) is 14.7. The molecule has 0 aliphatic rings. The van der Waals surface area contributed by atoms with Crippen LogP contribution in [0, 0.1) is 10.7 Å². The molecular formula is C20H25ClN6O3S. The van der Waals surface area contributed by atoms with Gasteiger partial charge in [0.15, 0.2) is 11.5 Å². The Bertz CT molecular complexity index is 1260. The van der Waals surface area contributed by atoms with Crippen LogP contribution in [0.25, 0.3) is 11.2 Å². The van der Waals surface area contributed by atoms with Crippen LogP contribution in [0.3, 0.4) is 0 Å². The largest absolute Gasteiger partial charge is 0.328 e. The van der Waals surface area contributed by atoms with Gasteiger partial charge in [0.25, 0.3) is 0 Å². The first-order valence-electron chi connectivity index (χ1n) is 9.98. The van der Waals surface area contributed by atoms with E-state index in [1.807, 2.05) is 13.8 Å². The van der Waals surface area contributed by atoms with Gasteiger partial charge in [-0.3, -0.25) is 9.36 Å². The lowest BCUT2D eigenvalue weighted by Gasteiger charge is -2.12.